The third kappa shape index (κ3) is 1.06. The maximum absolute atomic E-state index is 11.8. The zero-order valence-corrected chi connectivity index (χ0v) is 9.54. The van der Waals surface area contributed by atoms with Crippen LogP contribution in [0.3, 0.4) is 0 Å². The van der Waals surface area contributed by atoms with E-state index in [1.54, 1.807) is 0 Å². The van der Waals surface area contributed by atoms with Crippen LogP contribution in [0.25, 0.3) is 0 Å². The van der Waals surface area contributed by atoms with Crippen LogP contribution in [0, 0.1) is 5.92 Å². The summed E-state index contributed by atoms with van der Waals surface area (Å²) in [7, 11) is 0. The Labute approximate surface area is 90.0 Å². The van der Waals surface area contributed by atoms with Crippen molar-refractivity contribution in [3.8, 4) is 0 Å². The molecular formula is C11H19NO3. The van der Waals surface area contributed by atoms with Gasteiger partial charge in [0.05, 0.1) is 5.92 Å². The molecule has 1 amide bonds. The van der Waals surface area contributed by atoms with E-state index >= 15 is 0 Å². The summed E-state index contributed by atoms with van der Waals surface area (Å²) < 4.78 is 5.45. The number of hydrogen-bond acceptors (Lipinski definition) is 3. The summed E-state index contributed by atoms with van der Waals surface area (Å²) in [6.45, 7) is 5.96. The molecule has 2 aliphatic rings. The highest BCUT2D eigenvalue weighted by Crippen LogP contribution is 2.53. The highest BCUT2D eigenvalue weighted by molar-refractivity contribution is 5.85. The summed E-state index contributed by atoms with van der Waals surface area (Å²) in [6, 6.07) is 0. The minimum absolute atomic E-state index is 0.0185. The lowest BCUT2D eigenvalue weighted by atomic mass is 9.68. The second kappa shape index (κ2) is 3.19. The van der Waals surface area contributed by atoms with E-state index in [0.717, 1.165) is 19.3 Å². The summed E-state index contributed by atoms with van der Waals surface area (Å²) in [4.78, 5) is 11.8. The molecule has 2 rings (SSSR count). The van der Waals surface area contributed by atoms with E-state index in [9.17, 15) is 9.90 Å². The first kappa shape index (κ1) is 10.9. The number of hydrogen-bond donors (Lipinski definition) is 2. The van der Waals surface area contributed by atoms with Gasteiger partial charge in [0.2, 0.25) is 5.91 Å². The van der Waals surface area contributed by atoms with Crippen molar-refractivity contribution in [3.05, 3.63) is 0 Å². The SMILES string of the molecule is CCCC12NC(=O)C(CC)C1(C)OC2O. The molecule has 0 saturated carbocycles. The van der Waals surface area contributed by atoms with Crippen LogP contribution in [-0.2, 0) is 9.53 Å². The lowest BCUT2D eigenvalue weighted by Gasteiger charge is -2.57. The van der Waals surface area contributed by atoms with E-state index in [-0.39, 0.29) is 11.8 Å². The van der Waals surface area contributed by atoms with Crippen molar-refractivity contribution in [2.75, 3.05) is 0 Å². The summed E-state index contributed by atoms with van der Waals surface area (Å²) in [6.07, 6.45) is 1.60. The fourth-order valence-electron chi connectivity index (χ4n) is 3.16. The Morgan fingerprint density at radius 1 is 1.53 bits per heavy atom. The molecule has 4 unspecified atom stereocenters. The molecule has 0 aromatic rings. The van der Waals surface area contributed by atoms with E-state index in [0.29, 0.717) is 0 Å². The second-order valence-corrected chi connectivity index (χ2v) is 4.75. The molecule has 4 atom stereocenters. The molecule has 0 aromatic heterocycles. The lowest BCUT2D eigenvalue weighted by Crippen LogP contribution is -2.76. The van der Waals surface area contributed by atoms with Crippen LogP contribution in [-0.4, -0.2) is 28.4 Å². The van der Waals surface area contributed by atoms with Crippen molar-refractivity contribution < 1.29 is 14.6 Å². The highest BCUT2D eigenvalue weighted by atomic mass is 16.7. The van der Waals surface area contributed by atoms with E-state index in [2.05, 4.69) is 5.32 Å². The second-order valence-electron chi connectivity index (χ2n) is 4.75. The molecule has 0 aromatic carbocycles. The van der Waals surface area contributed by atoms with Crippen molar-refractivity contribution >= 4 is 5.91 Å². The van der Waals surface area contributed by atoms with Crippen LogP contribution in [0.15, 0.2) is 0 Å². The number of carbonyl (C=O) groups excluding carboxylic acids is 1. The van der Waals surface area contributed by atoms with E-state index < -0.39 is 17.4 Å². The van der Waals surface area contributed by atoms with Gasteiger partial charge in [0.25, 0.3) is 0 Å². The van der Waals surface area contributed by atoms with Crippen LogP contribution in [0.2, 0.25) is 0 Å². The molecule has 2 fully saturated rings. The predicted octanol–water partition coefficient (Wildman–Crippen LogP) is 0.789. The number of ether oxygens (including phenoxy) is 1. The monoisotopic (exact) mass is 213 g/mol. The first-order chi connectivity index (χ1) is 7.02. The third-order valence-corrected chi connectivity index (χ3v) is 4.04. The fourth-order valence-corrected chi connectivity index (χ4v) is 3.16. The Morgan fingerprint density at radius 3 is 2.67 bits per heavy atom. The zero-order valence-electron chi connectivity index (χ0n) is 9.54. The van der Waals surface area contributed by atoms with Crippen molar-refractivity contribution in [1.82, 2.24) is 5.32 Å². The molecule has 2 aliphatic heterocycles. The van der Waals surface area contributed by atoms with Gasteiger partial charge in [0.1, 0.15) is 11.1 Å². The van der Waals surface area contributed by atoms with Crippen molar-refractivity contribution in [1.29, 1.82) is 0 Å². The normalized spacial score (nSPS) is 48.4. The molecule has 0 bridgehead atoms. The Kier molecular flexibility index (Phi) is 2.32. The van der Waals surface area contributed by atoms with Gasteiger partial charge in [-0.1, -0.05) is 20.3 Å². The number of fused-ring (bicyclic) bond motifs is 1. The van der Waals surface area contributed by atoms with Gasteiger partial charge in [-0.25, -0.2) is 0 Å². The number of carbonyl (C=O) groups is 1. The van der Waals surface area contributed by atoms with Crippen molar-refractivity contribution in [2.24, 2.45) is 5.92 Å². The summed E-state index contributed by atoms with van der Waals surface area (Å²) in [5, 5.41) is 12.7. The molecule has 2 saturated heterocycles. The predicted molar refractivity (Wildman–Crippen MR) is 55.1 cm³/mol. The fraction of sp³-hybridized carbons (Fsp3) is 0.909. The Morgan fingerprint density at radius 2 is 2.20 bits per heavy atom. The number of rotatable bonds is 3. The van der Waals surface area contributed by atoms with Gasteiger partial charge < -0.3 is 15.2 Å². The van der Waals surface area contributed by atoms with Gasteiger partial charge >= 0.3 is 0 Å². The smallest absolute Gasteiger partial charge is 0.226 e. The van der Waals surface area contributed by atoms with Gasteiger partial charge in [0, 0.05) is 0 Å². The number of nitrogens with one attached hydrogen (secondary N) is 1. The molecule has 15 heavy (non-hydrogen) atoms. The molecule has 4 nitrogen and oxygen atoms in total. The van der Waals surface area contributed by atoms with Gasteiger partial charge in [-0.3, -0.25) is 4.79 Å². The highest BCUT2D eigenvalue weighted by Gasteiger charge is 2.73. The van der Waals surface area contributed by atoms with E-state index in [4.69, 9.17) is 4.74 Å². The molecule has 4 heteroatoms. The lowest BCUT2D eigenvalue weighted by molar-refractivity contribution is -0.350. The molecular weight excluding hydrogens is 194 g/mol. The van der Waals surface area contributed by atoms with Crippen LogP contribution in [0.5, 0.6) is 0 Å². The standard InChI is InChI=1S/C11H19NO3/c1-4-6-11-9(14)15-10(11,3)7(5-2)8(13)12-11/h7,9,14H,4-6H2,1-3H3,(H,12,13). The number of aliphatic hydroxyl groups excluding tert-OH is 1. The van der Waals surface area contributed by atoms with Crippen LogP contribution in [0.1, 0.15) is 40.0 Å². The van der Waals surface area contributed by atoms with Gasteiger partial charge in [-0.05, 0) is 19.8 Å². The minimum atomic E-state index is -0.844. The average Bonchev–Trinajstić information content (AvgIpc) is 2.33. The maximum atomic E-state index is 11.8. The largest absolute Gasteiger partial charge is 0.366 e. The van der Waals surface area contributed by atoms with Gasteiger partial charge in [-0.2, -0.15) is 0 Å². The van der Waals surface area contributed by atoms with E-state index in [1.807, 2.05) is 20.8 Å². The summed E-state index contributed by atoms with van der Waals surface area (Å²) >= 11 is 0. The van der Waals surface area contributed by atoms with E-state index in [1.165, 1.54) is 0 Å². The topological polar surface area (TPSA) is 58.6 Å². The Hall–Kier alpha value is -0.610. The van der Waals surface area contributed by atoms with Crippen LogP contribution >= 0.6 is 0 Å². The van der Waals surface area contributed by atoms with Crippen LogP contribution in [0.4, 0.5) is 0 Å². The number of aliphatic hydroxyl groups is 1. The third-order valence-electron chi connectivity index (χ3n) is 4.04. The van der Waals surface area contributed by atoms with Gasteiger partial charge in [-0.15, -0.1) is 0 Å². The molecule has 0 aliphatic carbocycles. The first-order valence-corrected chi connectivity index (χ1v) is 5.69. The molecule has 2 N–H and O–H groups in total. The Bertz CT molecular complexity index is 294. The maximum Gasteiger partial charge on any atom is 0.226 e. The van der Waals surface area contributed by atoms with Gasteiger partial charge in [0.15, 0.2) is 6.29 Å². The molecule has 0 radical (unpaired) electrons. The minimum Gasteiger partial charge on any atom is -0.366 e. The van der Waals surface area contributed by atoms with Crippen molar-refractivity contribution in [2.45, 2.75) is 57.5 Å². The molecule has 2 heterocycles. The summed E-state index contributed by atoms with van der Waals surface area (Å²) in [5.74, 6) is -0.113. The summed E-state index contributed by atoms with van der Waals surface area (Å²) in [5.41, 5.74) is -1.06. The average molecular weight is 213 g/mol. The molecule has 0 spiro atoms. The first-order valence-electron chi connectivity index (χ1n) is 5.69. The Balaban J connectivity index is 2.33. The molecule has 86 valence electrons. The quantitative estimate of drug-likeness (QED) is 0.728. The zero-order chi connectivity index (χ0) is 11.3. The number of amides is 1. The van der Waals surface area contributed by atoms with Crippen LogP contribution < -0.4 is 5.32 Å². The van der Waals surface area contributed by atoms with Crippen molar-refractivity contribution in [3.63, 3.8) is 0 Å².